The van der Waals surface area contributed by atoms with E-state index in [1.807, 2.05) is 35.2 Å². The van der Waals surface area contributed by atoms with Crippen molar-refractivity contribution in [1.29, 1.82) is 0 Å². The second-order valence-corrected chi connectivity index (χ2v) is 12.0. The zero-order chi connectivity index (χ0) is 27.0. The molecule has 8 nitrogen and oxygen atoms in total. The maximum atomic E-state index is 14.0. The maximum absolute atomic E-state index is 14.0. The van der Waals surface area contributed by atoms with Crippen molar-refractivity contribution in [3.8, 4) is 0 Å². The van der Waals surface area contributed by atoms with E-state index in [1.54, 1.807) is 6.20 Å². The number of aromatic nitrogens is 1. The molecule has 2 fully saturated rings. The van der Waals surface area contributed by atoms with Crippen molar-refractivity contribution in [2.45, 2.75) is 81.6 Å². The van der Waals surface area contributed by atoms with E-state index in [1.165, 1.54) is 12.8 Å². The van der Waals surface area contributed by atoms with Gasteiger partial charge in [-0.1, -0.05) is 44.2 Å². The van der Waals surface area contributed by atoms with Crippen LogP contribution >= 0.6 is 0 Å². The lowest BCUT2D eigenvalue weighted by molar-refractivity contribution is -0.146. The minimum atomic E-state index is -0.636. The number of carbonyl (C=O) groups is 3. The molecule has 1 unspecified atom stereocenters. The molecule has 6 rings (SSSR count). The molecule has 3 amide bonds. The van der Waals surface area contributed by atoms with Crippen LogP contribution in [0, 0.1) is 0 Å². The quantitative estimate of drug-likeness (QED) is 0.626. The molecule has 2 aliphatic heterocycles. The Balaban J connectivity index is 1.17. The zero-order valence-corrected chi connectivity index (χ0v) is 22.9. The zero-order valence-electron chi connectivity index (χ0n) is 22.9. The molecule has 1 saturated carbocycles. The molecule has 1 aromatic carbocycles. The molecule has 3 heterocycles. The molecule has 1 aromatic heterocycles. The standard InChI is InChI=1S/C31H39N5O3/c1-35-16-7-3-2-4-8-17-36(29(39)31(35)13-5-6-14-31)21-26(37)33-24-12-11-22-19-30(20-23(22)18-24)25-10-9-15-32-27(25)34-28(30)38/h9-12,15,18H,2-8,13-14,16-17,19-21H2,1H3,(H,33,37)(H,32,34,38). The van der Waals surface area contributed by atoms with Gasteiger partial charge in [0.25, 0.3) is 0 Å². The fourth-order valence-electron chi connectivity index (χ4n) is 7.38. The lowest BCUT2D eigenvalue weighted by atomic mass is 9.79. The third kappa shape index (κ3) is 4.62. The molecule has 1 saturated heterocycles. The predicted molar refractivity (Wildman–Crippen MR) is 151 cm³/mol. The third-order valence-electron chi connectivity index (χ3n) is 9.57. The molecular weight excluding hydrogens is 490 g/mol. The van der Waals surface area contributed by atoms with Gasteiger partial charge in [0.05, 0.1) is 12.0 Å². The summed E-state index contributed by atoms with van der Waals surface area (Å²) in [7, 11) is 2.09. The topological polar surface area (TPSA) is 94.6 Å². The molecule has 8 heteroatoms. The summed E-state index contributed by atoms with van der Waals surface area (Å²) in [6, 6.07) is 9.77. The van der Waals surface area contributed by atoms with Crippen molar-refractivity contribution in [1.82, 2.24) is 14.8 Å². The first-order chi connectivity index (χ1) is 18.9. The Labute approximate surface area is 230 Å². The van der Waals surface area contributed by atoms with Crippen molar-refractivity contribution in [3.05, 3.63) is 53.2 Å². The fourth-order valence-corrected chi connectivity index (χ4v) is 7.38. The Morgan fingerprint density at radius 3 is 2.54 bits per heavy atom. The van der Waals surface area contributed by atoms with Crippen molar-refractivity contribution in [2.75, 3.05) is 37.3 Å². The number of amides is 3. The summed E-state index contributed by atoms with van der Waals surface area (Å²) >= 11 is 0. The van der Waals surface area contributed by atoms with Crippen molar-refractivity contribution >= 4 is 29.2 Å². The van der Waals surface area contributed by atoms with Crippen molar-refractivity contribution < 1.29 is 14.4 Å². The maximum Gasteiger partial charge on any atom is 0.243 e. The molecule has 206 valence electrons. The van der Waals surface area contributed by atoms with Gasteiger partial charge in [-0.15, -0.1) is 0 Å². The number of pyridine rings is 1. The molecule has 2 spiro atoms. The van der Waals surface area contributed by atoms with Crippen molar-refractivity contribution in [2.24, 2.45) is 0 Å². The normalized spacial score (nSPS) is 24.9. The number of fused-ring (bicyclic) bond motifs is 3. The minimum Gasteiger partial charge on any atom is -0.332 e. The molecule has 1 atom stereocenters. The van der Waals surface area contributed by atoms with E-state index >= 15 is 0 Å². The van der Waals surface area contributed by atoms with E-state index in [0.29, 0.717) is 30.9 Å². The number of likely N-dealkylation sites (N-methyl/N-ethyl adjacent to an activating group) is 1. The Bertz CT molecular complexity index is 1290. The SMILES string of the molecule is CN1CCCCCCCN(CC(=O)Nc2ccc3c(c2)CC2(C3)C(=O)Nc3ncccc32)C(=O)C12CCCC2. The number of rotatable bonds is 3. The van der Waals surface area contributed by atoms with Crippen LogP contribution in [-0.4, -0.2) is 64.7 Å². The van der Waals surface area contributed by atoms with Gasteiger partial charge in [0, 0.05) is 24.0 Å². The van der Waals surface area contributed by atoms with Crippen LogP contribution in [0.5, 0.6) is 0 Å². The van der Waals surface area contributed by atoms with Gasteiger partial charge in [0.1, 0.15) is 11.4 Å². The van der Waals surface area contributed by atoms with Gasteiger partial charge in [0.15, 0.2) is 0 Å². The number of hydrogen-bond acceptors (Lipinski definition) is 5. The summed E-state index contributed by atoms with van der Waals surface area (Å²) in [4.78, 5) is 48.8. The van der Waals surface area contributed by atoms with E-state index in [2.05, 4.69) is 27.6 Å². The van der Waals surface area contributed by atoms with Crippen LogP contribution in [0.25, 0.3) is 0 Å². The van der Waals surface area contributed by atoms with Gasteiger partial charge in [0.2, 0.25) is 17.7 Å². The van der Waals surface area contributed by atoms with Crippen LogP contribution in [-0.2, 0) is 32.6 Å². The number of hydrogen-bond donors (Lipinski definition) is 2. The molecule has 2 aromatic rings. The molecule has 2 N–H and O–H groups in total. The van der Waals surface area contributed by atoms with Gasteiger partial charge < -0.3 is 15.5 Å². The molecule has 39 heavy (non-hydrogen) atoms. The molecule has 2 aliphatic carbocycles. The van der Waals surface area contributed by atoms with Gasteiger partial charge >= 0.3 is 0 Å². The Morgan fingerprint density at radius 2 is 1.72 bits per heavy atom. The number of nitrogens with one attached hydrogen (secondary N) is 2. The molecule has 0 bridgehead atoms. The summed E-state index contributed by atoms with van der Waals surface area (Å²) in [5.74, 6) is 0.585. The van der Waals surface area contributed by atoms with Crippen molar-refractivity contribution in [3.63, 3.8) is 0 Å². The second kappa shape index (κ2) is 10.4. The summed E-state index contributed by atoms with van der Waals surface area (Å²) in [5, 5.41) is 6.00. The lowest BCUT2D eigenvalue weighted by Crippen LogP contribution is -2.58. The molecule has 0 radical (unpaired) electrons. The van der Waals surface area contributed by atoms with Crippen LogP contribution in [0.2, 0.25) is 0 Å². The van der Waals surface area contributed by atoms with E-state index in [0.717, 1.165) is 68.2 Å². The Kier molecular flexibility index (Phi) is 6.91. The highest BCUT2D eigenvalue weighted by atomic mass is 16.2. The van der Waals surface area contributed by atoms with Gasteiger partial charge in [-0.2, -0.15) is 0 Å². The summed E-state index contributed by atoms with van der Waals surface area (Å²) in [5.41, 5.74) is 2.73. The average Bonchev–Trinajstić information content (AvgIpc) is 3.63. The summed E-state index contributed by atoms with van der Waals surface area (Å²) in [6.07, 6.45) is 12.3. The first-order valence-corrected chi connectivity index (χ1v) is 14.6. The highest BCUT2D eigenvalue weighted by molar-refractivity contribution is 6.06. The highest BCUT2D eigenvalue weighted by Gasteiger charge is 2.51. The number of carbonyl (C=O) groups excluding carboxylic acids is 3. The third-order valence-corrected chi connectivity index (χ3v) is 9.57. The van der Waals surface area contributed by atoms with Crippen LogP contribution in [0.1, 0.15) is 74.5 Å². The van der Waals surface area contributed by atoms with Crippen LogP contribution in [0.15, 0.2) is 36.5 Å². The smallest absolute Gasteiger partial charge is 0.243 e. The summed E-state index contributed by atoms with van der Waals surface area (Å²) in [6.45, 7) is 1.62. The first-order valence-electron chi connectivity index (χ1n) is 14.6. The molecule has 4 aliphatic rings. The predicted octanol–water partition coefficient (Wildman–Crippen LogP) is 4.05. The van der Waals surface area contributed by atoms with E-state index in [-0.39, 0.29) is 24.3 Å². The van der Waals surface area contributed by atoms with Crippen LogP contribution in [0.3, 0.4) is 0 Å². The highest BCUT2D eigenvalue weighted by Crippen LogP contribution is 2.47. The van der Waals surface area contributed by atoms with Gasteiger partial charge in [-0.3, -0.25) is 19.3 Å². The van der Waals surface area contributed by atoms with Gasteiger partial charge in [-0.05, 0) is 81.4 Å². The van der Waals surface area contributed by atoms with Gasteiger partial charge in [-0.25, -0.2) is 4.98 Å². The van der Waals surface area contributed by atoms with E-state index in [9.17, 15) is 14.4 Å². The average molecular weight is 530 g/mol. The Morgan fingerprint density at radius 1 is 0.974 bits per heavy atom. The number of anilines is 2. The monoisotopic (exact) mass is 529 g/mol. The summed E-state index contributed by atoms with van der Waals surface area (Å²) < 4.78 is 0. The van der Waals surface area contributed by atoms with Crippen LogP contribution < -0.4 is 10.6 Å². The number of nitrogens with zero attached hydrogens (tertiary/aromatic N) is 3. The van der Waals surface area contributed by atoms with Crippen LogP contribution in [0.4, 0.5) is 11.5 Å². The van der Waals surface area contributed by atoms with E-state index in [4.69, 9.17) is 0 Å². The molecular formula is C31H39N5O3. The largest absolute Gasteiger partial charge is 0.332 e. The lowest BCUT2D eigenvalue weighted by Gasteiger charge is -2.41. The fraction of sp³-hybridized carbons (Fsp3) is 0.548. The minimum absolute atomic E-state index is 0.0121. The Hall–Kier alpha value is -3.26. The number of benzene rings is 1. The first kappa shape index (κ1) is 26.0. The van der Waals surface area contributed by atoms with E-state index < -0.39 is 11.0 Å². The second-order valence-electron chi connectivity index (χ2n) is 12.0.